The van der Waals surface area contributed by atoms with Gasteiger partial charge in [0, 0.05) is 53.0 Å². The lowest BCUT2D eigenvalue weighted by atomic mass is 9.95. The van der Waals surface area contributed by atoms with Crippen molar-refractivity contribution in [2.75, 3.05) is 4.90 Å². The molecule has 2 aliphatic rings. The Morgan fingerprint density at radius 1 is 0.575 bits per heavy atom. The number of para-hydroxylation sites is 2. The first-order valence-corrected chi connectivity index (χ1v) is 13.5. The van der Waals surface area contributed by atoms with E-state index in [1.165, 1.54) is 11.1 Å². The van der Waals surface area contributed by atoms with Gasteiger partial charge in [0.1, 0.15) is 0 Å². The maximum atomic E-state index is 5.01. The molecule has 0 saturated carbocycles. The van der Waals surface area contributed by atoms with E-state index < -0.39 is 0 Å². The van der Waals surface area contributed by atoms with Gasteiger partial charge < -0.3 is 4.90 Å². The minimum absolute atomic E-state index is 0.835. The average molecular weight is 513 g/mol. The fourth-order valence-corrected chi connectivity index (χ4v) is 5.91. The van der Waals surface area contributed by atoms with Crippen LogP contribution in [0, 0.1) is 0 Å². The van der Waals surface area contributed by atoms with Gasteiger partial charge in [-0.25, -0.2) is 0 Å². The second-order valence-corrected chi connectivity index (χ2v) is 10.1. The summed E-state index contributed by atoms with van der Waals surface area (Å²) in [6, 6.07) is 40.6. The predicted molar refractivity (Wildman–Crippen MR) is 163 cm³/mol. The molecule has 0 fully saturated rings. The van der Waals surface area contributed by atoms with Gasteiger partial charge in [-0.15, -0.1) is 0 Å². The number of aliphatic imine (C=N–C) groups is 1. The Hall–Kier alpha value is -5.35. The average Bonchev–Trinajstić information content (AvgIpc) is 3.42. The fourth-order valence-electron chi connectivity index (χ4n) is 5.91. The molecule has 0 amide bonds. The van der Waals surface area contributed by atoms with Gasteiger partial charge in [-0.1, -0.05) is 66.7 Å². The van der Waals surface area contributed by atoms with Crippen molar-refractivity contribution in [1.82, 2.24) is 9.97 Å². The third-order valence-electron chi connectivity index (χ3n) is 7.79. The Kier molecular flexibility index (Phi) is 5.17. The molecule has 4 aromatic carbocycles. The third kappa shape index (κ3) is 3.65. The fraction of sp³-hybridized carbons (Fsp3) is 0.0278. The first kappa shape index (κ1) is 22.6. The molecular formula is C36H24N4. The Bertz CT molecular complexity index is 1940. The number of anilines is 3. The molecule has 8 rings (SSSR count). The highest BCUT2D eigenvalue weighted by molar-refractivity contribution is 6.09. The van der Waals surface area contributed by atoms with Gasteiger partial charge in [0.05, 0.1) is 28.5 Å². The van der Waals surface area contributed by atoms with Gasteiger partial charge in [0.15, 0.2) is 0 Å². The zero-order chi connectivity index (χ0) is 26.5. The lowest BCUT2D eigenvalue weighted by molar-refractivity contribution is 1.28. The van der Waals surface area contributed by atoms with Crippen LogP contribution in [0.15, 0.2) is 139 Å². The summed E-state index contributed by atoms with van der Waals surface area (Å²) in [6.45, 7) is 0. The normalized spacial score (nSPS) is 13.0. The quantitative estimate of drug-likeness (QED) is 0.237. The molecule has 2 aliphatic heterocycles. The number of hydrogen-bond acceptors (Lipinski definition) is 4. The molecule has 2 aromatic heterocycles. The molecule has 4 heterocycles. The lowest BCUT2D eigenvalue weighted by Crippen LogP contribution is -2.12. The number of nitrogens with zero attached hydrogens (tertiary/aromatic N) is 4. The Balaban J connectivity index is 1.37. The van der Waals surface area contributed by atoms with Crippen LogP contribution in [0.25, 0.3) is 33.5 Å². The van der Waals surface area contributed by atoms with Gasteiger partial charge in [0.25, 0.3) is 0 Å². The zero-order valence-electron chi connectivity index (χ0n) is 21.7. The summed E-state index contributed by atoms with van der Waals surface area (Å²) >= 11 is 0. The zero-order valence-corrected chi connectivity index (χ0v) is 21.7. The van der Waals surface area contributed by atoms with Crippen LogP contribution in [-0.4, -0.2) is 15.7 Å². The van der Waals surface area contributed by atoms with Crippen LogP contribution < -0.4 is 4.90 Å². The largest absolute Gasteiger partial charge is 0.309 e. The van der Waals surface area contributed by atoms with E-state index in [2.05, 4.69) is 118 Å². The first-order chi connectivity index (χ1) is 19.8. The molecule has 4 nitrogen and oxygen atoms in total. The number of aromatic nitrogens is 2. The second kappa shape index (κ2) is 9.14. The maximum absolute atomic E-state index is 5.01. The summed E-state index contributed by atoms with van der Waals surface area (Å²) < 4.78 is 0. The van der Waals surface area contributed by atoms with Gasteiger partial charge >= 0.3 is 0 Å². The SMILES string of the molecule is c1ccc(-c2cccc(N3c4ccccc4-c4cnccc4-c4ccc(C5=Nc6ccccc6C5)cc43)c2)nc1. The van der Waals surface area contributed by atoms with Crippen molar-refractivity contribution in [1.29, 1.82) is 0 Å². The van der Waals surface area contributed by atoms with Crippen LogP contribution in [0.2, 0.25) is 0 Å². The minimum atomic E-state index is 0.835. The van der Waals surface area contributed by atoms with E-state index in [-0.39, 0.29) is 0 Å². The molecule has 0 spiro atoms. The van der Waals surface area contributed by atoms with Crippen LogP contribution in [0.1, 0.15) is 11.1 Å². The highest BCUT2D eigenvalue weighted by Gasteiger charge is 2.27. The second-order valence-electron chi connectivity index (χ2n) is 10.1. The standard InChI is InChI=1S/C36H24N4/c1-3-13-33-25(8-1)21-34(39-33)26-15-16-30-28-17-19-37-23-31(28)29-11-2-4-14-35(29)40(36(30)22-26)27-10-7-9-24(20-27)32-12-5-6-18-38-32/h1-20,22-23H,21H2. The topological polar surface area (TPSA) is 41.4 Å². The molecule has 4 heteroatoms. The Morgan fingerprint density at radius 3 is 2.38 bits per heavy atom. The van der Waals surface area contributed by atoms with Crippen LogP contribution in [0.4, 0.5) is 22.7 Å². The molecule has 0 N–H and O–H groups in total. The summed E-state index contributed by atoms with van der Waals surface area (Å²) in [6.07, 6.45) is 6.54. The van der Waals surface area contributed by atoms with Crippen molar-refractivity contribution in [2.45, 2.75) is 6.42 Å². The molecule has 0 bridgehead atoms. The molecule has 188 valence electrons. The molecule has 0 radical (unpaired) electrons. The summed E-state index contributed by atoms with van der Waals surface area (Å²) in [5, 5.41) is 0. The van der Waals surface area contributed by atoms with E-state index in [0.29, 0.717) is 0 Å². The predicted octanol–water partition coefficient (Wildman–Crippen LogP) is 8.94. The molecule has 0 saturated heterocycles. The van der Waals surface area contributed by atoms with Crippen molar-refractivity contribution in [3.63, 3.8) is 0 Å². The van der Waals surface area contributed by atoms with E-state index in [4.69, 9.17) is 4.99 Å². The molecule has 0 aliphatic carbocycles. The van der Waals surface area contributed by atoms with Gasteiger partial charge in [0.2, 0.25) is 0 Å². The van der Waals surface area contributed by atoms with Crippen LogP contribution in [0.3, 0.4) is 0 Å². The summed E-state index contributed by atoms with van der Waals surface area (Å²) in [7, 11) is 0. The Morgan fingerprint density at radius 2 is 1.45 bits per heavy atom. The van der Waals surface area contributed by atoms with Gasteiger partial charge in [-0.2, -0.15) is 0 Å². The minimum Gasteiger partial charge on any atom is -0.309 e. The third-order valence-corrected chi connectivity index (χ3v) is 7.79. The monoisotopic (exact) mass is 512 g/mol. The van der Waals surface area contributed by atoms with Crippen LogP contribution in [-0.2, 0) is 6.42 Å². The summed E-state index contributed by atoms with van der Waals surface area (Å²) in [5.74, 6) is 0. The number of rotatable bonds is 3. The molecule has 6 aromatic rings. The van der Waals surface area contributed by atoms with E-state index >= 15 is 0 Å². The summed E-state index contributed by atoms with van der Waals surface area (Å²) in [4.78, 5) is 16.5. The van der Waals surface area contributed by atoms with Gasteiger partial charge in [-0.3, -0.25) is 15.0 Å². The molecule has 40 heavy (non-hydrogen) atoms. The number of pyridine rings is 2. The van der Waals surface area contributed by atoms with Crippen molar-refractivity contribution >= 4 is 28.5 Å². The van der Waals surface area contributed by atoms with Crippen LogP contribution in [0.5, 0.6) is 0 Å². The highest BCUT2D eigenvalue weighted by atomic mass is 15.1. The smallest absolute Gasteiger partial charge is 0.0702 e. The first-order valence-electron chi connectivity index (χ1n) is 13.5. The van der Waals surface area contributed by atoms with E-state index in [1.54, 1.807) is 0 Å². The highest BCUT2D eigenvalue weighted by Crippen LogP contribution is 2.51. The molecule has 0 atom stereocenters. The number of benzene rings is 4. The lowest BCUT2D eigenvalue weighted by Gasteiger charge is -2.28. The summed E-state index contributed by atoms with van der Waals surface area (Å²) in [5.41, 5.74) is 14.5. The van der Waals surface area contributed by atoms with E-state index in [1.807, 2.05) is 30.7 Å². The molecule has 0 unspecified atom stereocenters. The Labute approximate surface area is 233 Å². The maximum Gasteiger partial charge on any atom is 0.0702 e. The van der Waals surface area contributed by atoms with E-state index in [9.17, 15) is 0 Å². The molecular weight excluding hydrogens is 488 g/mol. The van der Waals surface area contributed by atoms with Gasteiger partial charge in [-0.05, 0) is 65.2 Å². The van der Waals surface area contributed by atoms with Crippen molar-refractivity contribution in [3.05, 3.63) is 145 Å². The number of hydrogen-bond donors (Lipinski definition) is 0. The van der Waals surface area contributed by atoms with Crippen molar-refractivity contribution in [2.24, 2.45) is 4.99 Å². The van der Waals surface area contributed by atoms with Crippen molar-refractivity contribution in [3.8, 4) is 33.5 Å². The van der Waals surface area contributed by atoms with Crippen LogP contribution >= 0.6 is 0 Å². The van der Waals surface area contributed by atoms with E-state index in [0.717, 1.165) is 68.4 Å². The van der Waals surface area contributed by atoms with Crippen molar-refractivity contribution < 1.29 is 0 Å². The number of fused-ring (bicyclic) bond motifs is 6.